The van der Waals surface area contributed by atoms with Gasteiger partial charge >= 0.3 is 0 Å². The van der Waals surface area contributed by atoms with Crippen LogP contribution in [0, 0.1) is 11.8 Å². The molecule has 0 bridgehead atoms. The van der Waals surface area contributed by atoms with Gasteiger partial charge in [-0.15, -0.1) is 0 Å². The lowest BCUT2D eigenvalue weighted by Crippen LogP contribution is -1.96. The quantitative estimate of drug-likeness (QED) is 0.164. The largest absolute Gasteiger partial charge is 0.462 e. The summed E-state index contributed by atoms with van der Waals surface area (Å²) in [6, 6.07) is 38.7. The summed E-state index contributed by atoms with van der Waals surface area (Å²) in [5.74, 6) is 5.22. The van der Waals surface area contributed by atoms with Crippen LogP contribution in [0.3, 0.4) is 0 Å². The molecular weight excluding hydrogens is 608 g/mol. The van der Waals surface area contributed by atoms with Gasteiger partial charge in [-0.3, -0.25) is 0 Å². The van der Waals surface area contributed by atoms with Crippen LogP contribution in [0.4, 0.5) is 0 Å². The van der Waals surface area contributed by atoms with E-state index >= 15 is 0 Å². The average molecular weight is 663 g/mol. The molecule has 262 valence electrons. The van der Waals surface area contributed by atoms with E-state index in [-0.39, 0.29) is 40.0 Å². The molecule has 0 radical (unpaired) electrons. The Morgan fingerprint density at radius 3 is 0.667 bits per heavy atom. The molecule has 4 saturated heterocycles. The second kappa shape index (κ2) is 22.5. The van der Waals surface area contributed by atoms with Gasteiger partial charge in [-0.25, -0.2) is 0 Å². The third kappa shape index (κ3) is 19.6. The van der Waals surface area contributed by atoms with Crippen LogP contribution in [0.1, 0.15) is 42.5 Å². The number of rotatable bonds is 9. The molecule has 8 nitrogen and oxygen atoms in total. The molecule has 4 atom stereocenters. The molecule has 8 rings (SSSR count). The van der Waals surface area contributed by atoms with Crippen LogP contribution in [0.5, 0.6) is 23.0 Å². The topological polar surface area (TPSA) is 87.0 Å². The van der Waals surface area contributed by atoms with E-state index in [9.17, 15) is 0 Å². The summed E-state index contributed by atoms with van der Waals surface area (Å²) in [7, 11) is 0. The minimum atomic E-state index is 0. The van der Waals surface area contributed by atoms with Crippen LogP contribution in [0.15, 0.2) is 121 Å². The zero-order valence-electron chi connectivity index (χ0n) is 27.1. The van der Waals surface area contributed by atoms with E-state index in [0.717, 1.165) is 61.3 Å². The molecule has 0 aliphatic carbocycles. The van der Waals surface area contributed by atoms with E-state index in [1.165, 1.54) is 0 Å². The van der Waals surface area contributed by atoms with Crippen molar-refractivity contribution in [1.29, 1.82) is 0 Å². The predicted molar refractivity (Wildman–Crippen MR) is 190 cm³/mol. The maximum Gasteiger partial charge on any atom is 0.223 e. The predicted octanol–water partition coefficient (Wildman–Crippen LogP) is 9.26. The number of epoxide rings is 4. The summed E-state index contributed by atoms with van der Waals surface area (Å²) in [6.45, 7) is 11.9. The van der Waals surface area contributed by atoms with E-state index in [2.05, 4.69) is 27.7 Å². The fourth-order valence-corrected chi connectivity index (χ4v) is 3.03. The fraction of sp³-hybridized carbons (Fsp3) is 0.400. The van der Waals surface area contributed by atoms with Crippen molar-refractivity contribution < 1.29 is 37.9 Å². The van der Waals surface area contributed by atoms with Crippen molar-refractivity contribution in [3.63, 3.8) is 0 Å². The Labute approximate surface area is 287 Å². The molecule has 8 heteroatoms. The zero-order chi connectivity index (χ0) is 32.4. The molecule has 48 heavy (non-hydrogen) atoms. The van der Waals surface area contributed by atoms with Crippen molar-refractivity contribution in [3.05, 3.63) is 121 Å². The first-order valence-corrected chi connectivity index (χ1v) is 15.8. The lowest BCUT2D eigenvalue weighted by Gasteiger charge is -2.05. The van der Waals surface area contributed by atoms with E-state index in [0.29, 0.717) is 0 Å². The van der Waals surface area contributed by atoms with Gasteiger partial charge in [0.2, 0.25) is 25.2 Å². The minimum absolute atomic E-state index is 0. The number of hydrogen-bond acceptors (Lipinski definition) is 8. The second-order valence-electron chi connectivity index (χ2n) is 11.3. The van der Waals surface area contributed by atoms with Gasteiger partial charge in [0.15, 0.2) is 0 Å². The Hall–Kier alpha value is -4.08. The van der Waals surface area contributed by atoms with Crippen molar-refractivity contribution >= 4 is 0 Å². The maximum atomic E-state index is 5.30. The van der Waals surface area contributed by atoms with E-state index in [1.807, 2.05) is 121 Å². The zero-order valence-corrected chi connectivity index (χ0v) is 27.1. The van der Waals surface area contributed by atoms with Gasteiger partial charge < -0.3 is 37.9 Å². The van der Waals surface area contributed by atoms with Crippen LogP contribution < -0.4 is 18.9 Å². The second-order valence-corrected chi connectivity index (χ2v) is 11.3. The first-order valence-electron chi connectivity index (χ1n) is 15.8. The number of ether oxygens (including phenoxy) is 8. The molecule has 0 spiro atoms. The molecular formula is C40H54O8. The van der Waals surface area contributed by atoms with Gasteiger partial charge in [0, 0.05) is 0 Å². The highest BCUT2D eigenvalue weighted by molar-refractivity contribution is 5.23. The molecule has 4 unspecified atom stereocenters. The minimum Gasteiger partial charge on any atom is -0.462 e. The summed E-state index contributed by atoms with van der Waals surface area (Å²) in [5.41, 5.74) is 0. The molecule has 0 N–H and O–H groups in total. The van der Waals surface area contributed by atoms with Crippen LogP contribution in [-0.4, -0.2) is 51.6 Å². The highest BCUT2D eigenvalue weighted by Gasteiger charge is 2.25. The maximum absolute atomic E-state index is 5.30. The van der Waals surface area contributed by atoms with Gasteiger partial charge in [-0.2, -0.15) is 0 Å². The molecule has 4 heterocycles. The Balaban J connectivity index is 0.000000209. The van der Waals surface area contributed by atoms with Crippen LogP contribution in [0.2, 0.25) is 0 Å². The van der Waals surface area contributed by atoms with Gasteiger partial charge in [0.1, 0.15) is 49.4 Å². The molecule has 0 amide bonds. The van der Waals surface area contributed by atoms with Crippen molar-refractivity contribution in [2.24, 2.45) is 11.8 Å². The normalized spacial score (nSPS) is 19.9. The van der Waals surface area contributed by atoms with Crippen molar-refractivity contribution in [1.82, 2.24) is 0 Å². The smallest absolute Gasteiger partial charge is 0.223 e. The lowest BCUT2D eigenvalue weighted by atomic mass is 10.0. The summed E-state index contributed by atoms with van der Waals surface area (Å²) >= 11 is 0. The summed E-state index contributed by atoms with van der Waals surface area (Å²) in [5, 5.41) is 0. The van der Waals surface area contributed by atoms with E-state index < -0.39 is 0 Å². The summed E-state index contributed by atoms with van der Waals surface area (Å²) in [6.07, 6.45) is 0.0644. The molecule has 0 saturated carbocycles. The van der Waals surface area contributed by atoms with Gasteiger partial charge in [-0.05, 0) is 60.4 Å². The Bertz CT molecular complexity index is 1100. The standard InChI is InChI=1S/4C8H8O2.C6H14.2CH4/c4*1-2-4-7(5-3-1)10-8-6-9-8;1-5(2)6(3)4;;/h4*1-5,8H,6H2;5-6H,1-4H3;2*1H4. The molecule has 4 aromatic rings. The molecule has 4 aliphatic heterocycles. The van der Waals surface area contributed by atoms with Gasteiger partial charge in [-0.1, -0.05) is 115 Å². The van der Waals surface area contributed by atoms with Crippen LogP contribution >= 0.6 is 0 Å². The van der Waals surface area contributed by atoms with E-state index in [4.69, 9.17) is 37.9 Å². The van der Waals surface area contributed by atoms with Crippen LogP contribution in [-0.2, 0) is 18.9 Å². The third-order valence-corrected chi connectivity index (χ3v) is 6.59. The average Bonchev–Trinajstić information content (AvgIpc) is 3.86. The summed E-state index contributed by atoms with van der Waals surface area (Å²) < 4.78 is 40.8. The van der Waals surface area contributed by atoms with Crippen molar-refractivity contribution in [3.8, 4) is 23.0 Å². The highest BCUT2D eigenvalue weighted by Crippen LogP contribution is 2.19. The highest BCUT2D eigenvalue weighted by atomic mass is 16.8. The SMILES string of the molecule is C.C.CC(C)C(C)C.c1ccc(OC2CO2)cc1.c1ccc(OC2CO2)cc1.c1ccc(OC2CO2)cc1.c1ccc(OC2CO2)cc1. The van der Waals surface area contributed by atoms with Crippen molar-refractivity contribution in [2.75, 3.05) is 26.4 Å². The molecule has 4 aromatic carbocycles. The molecule has 4 fully saturated rings. The monoisotopic (exact) mass is 662 g/mol. The number of para-hydroxylation sites is 4. The fourth-order valence-electron chi connectivity index (χ4n) is 3.03. The number of benzene rings is 4. The Kier molecular flexibility index (Phi) is 18.8. The number of hydrogen-bond donors (Lipinski definition) is 0. The third-order valence-electron chi connectivity index (χ3n) is 6.59. The van der Waals surface area contributed by atoms with Crippen LogP contribution in [0.25, 0.3) is 0 Å². The van der Waals surface area contributed by atoms with Crippen molar-refractivity contribution in [2.45, 2.75) is 67.7 Å². The first-order chi connectivity index (χ1) is 22.4. The molecule has 4 aliphatic rings. The first kappa shape index (κ1) is 40.1. The van der Waals surface area contributed by atoms with E-state index in [1.54, 1.807) is 0 Å². The Morgan fingerprint density at radius 1 is 0.375 bits per heavy atom. The van der Waals surface area contributed by atoms with Gasteiger partial charge in [0.25, 0.3) is 0 Å². The van der Waals surface area contributed by atoms with Gasteiger partial charge in [0.05, 0.1) is 0 Å². The molecule has 0 aromatic heterocycles. The summed E-state index contributed by atoms with van der Waals surface area (Å²) in [4.78, 5) is 0. The Morgan fingerprint density at radius 2 is 0.542 bits per heavy atom. The lowest BCUT2D eigenvalue weighted by molar-refractivity contribution is 0.179.